The summed E-state index contributed by atoms with van der Waals surface area (Å²) in [6, 6.07) is 21.9. The highest BCUT2D eigenvalue weighted by atomic mass is 16.1. The van der Waals surface area contributed by atoms with Gasteiger partial charge in [-0.25, -0.2) is 0 Å². The SMILES string of the molecule is CN1C2CCC1[C@@H](Cc1ccccc1)C(=O)[C@H]2Cc1ccccc1. The van der Waals surface area contributed by atoms with Crippen molar-refractivity contribution in [1.29, 1.82) is 0 Å². The Bertz CT molecular complexity index is 637. The molecule has 0 radical (unpaired) electrons. The lowest BCUT2D eigenvalue weighted by Crippen LogP contribution is -2.53. The third-order valence-corrected chi connectivity index (χ3v) is 6.06. The Kier molecular flexibility index (Phi) is 4.24. The summed E-state index contributed by atoms with van der Waals surface area (Å²) >= 11 is 0. The van der Waals surface area contributed by atoms with E-state index in [9.17, 15) is 4.79 Å². The van der Waals surface area contributed by atoms with E-state index >= 15 is 0 Å². The number of nitrogens with zero attached hydrogens (tertiary/aromatic N) is 1. The lowest BCUT2D eigenvalue weighted by atomic mass is 9.76. The maximum Gasteiger partial charge on any atom is 0.142 e. The van der Waals surface area contributed by atoms with Crippen molar-refractivity contribution in [3.8, 4) is 0 Å². The van der Waals surface area contributed by atoms with E-state index in [-0.39, 0.29) is 11.8 Å². The standard InChI is InChI=1S/C22H25NO/c1-23-20-12-13-21(23)19(15-17-10-6-3-7-11-17)22(24)18(20)14-16-8-4-2-5-9-16/h2-11,18-21H,12-15H2,1H3/t18-,19+,20?,21?. The predicted octanol–water partition coefficient (Wildman–Crippen LogP) is 3.75. The summed E-state index contributed by atoms with van der Waals surface area (Å²) in [4.78, 5) is 15.8. The van der Waals surface area contributed by atoms with Gasteiger partial charge in [0.25, 0.3) is 0 Å². The zero-order chi connectivity index (χ0) is 16.5. The minimum absolute atomic E-state index is 0.143. The summed E-state index contributed by atoms with van der Waals surface area (Å²) in [5, 5.41) is 0. The summed E-state index contributed by atoms with van der Waals surface area (Å²) in [5.74, 6) is 0.781. The highest BCUT2D eigenvalue weighted by molar-refractivity contribution is 5.86. The Morgan fingerprint density at radius 3 is 1.62 bits per heavy atom. The minimum atomic E-state index is 0.143. The monoisotopic (exact) mass is 319 g/mol. The van der Waals surface area contributed by atoms with Crippen molar-refractivity contribution in [2.24, 2.45) is 11.8 Å². The summed E-state index contributed by atoms with van der Waals surface area (Å²) in [5.41, 5.74) is 2.57. The van der Waals surface area contributed by atoms with E-state index in [0.717, 1.165) is 25.7 Å². The molecule has 2 bridgehead atoms. The molecule has 0 saturated carbocycles. The molecule has 2 fully saturated rings. The molecule has 0 spiro atoms. The number of ketones is 1. The van der Waals surface area contributed by atoms with E-state index < -0.39 is 0 Å². The van der Waals surface area contributed by atoms with Crippen LogP contribution < -0.4 is 0 Å². The quantitative estimate of drug-likeness (QED) is 0.855. The van der Waals surface area contributed by atoms with Crippen LogP contribution in [0.4, 0.5) is 0 Å². The Balaban J connectivity index is 1.59. The van der Waals surface area contributed by atoms with Crippen LogP contribution in [0.1, 0.15) is 24.0 Å². The highest BCUT2D eigenvalue weighted by Gasteiger charge is 2.50. The largest absolute Gasteiger partial charge is 0.299 e. The van der Waals surface area contributed by atoms with Crippen LogP contribution in [0, 0.1) is 11.8 Å². The molecule has 2 aliphatic heterocycles. The number of benzene rings is 2. The van der Waals surface area contributed by atoms with Gasteiger partial charge in [-0.1, -0.05) is 60.7 Å². The number of hydrogen-bond donors (Lipinski definition) is 0. The van der Waals surface area contributed by atoms with Crippen molar-refractivity contribution < 1.29 is 4.79 Å². The predicted molar refractivity (Wildman–Crippen MR) is 96.9 cm³/mol. The lowest BCUT2D eigenvalue weighted by Gasteiger charge is -2.41. The van der Waals surface area contributed by atoms with Gasteiger partial charge in [0, 0.05) is 23.9 Å². The smallest absolute Gasteiger partial charge is 0.142 e. The molecule has 4 atom stereocenters. The second-order valence-corrected chi connectivity index (χ2v) is 7.37. The molecule has 2 unspecified atom stereocenters. The fourth-order valence-corrected chi connectivity index (χ4v) is 4.83. The second kappa shape index (κ2) is 6.52. The summed E-state index contributed by atoms with van der Waals surface area (Å²) in [6.07, 6.45) is 4.09. The topological polar surface area (TPSA) is 20.3 Å². The minimum Gasteiger partial charge on any atom is -0.299 e. The number of Topliss-reactive ketones (excluding diaryl/α,β-unsaturated/α-hetero) is 1. The molecular formula is C22H25NO. The van der Waals surface area contributed by atoms with Gasteiger partial charge in [-0.05, 0) is 43.9 Å². The van der Waals surface area contributed by atoms with E-state index in [0.29, 0.717) is 17.9 Å². The van der Waals surface area contributed by atoms with Crippen molar-refractivity contribution in [3.63, 3.8) is 0 Å². The number of piperidine rings is 1. The first-order chi connectivity index (χ1) is 11.7. The van der Waals surface area contributed by atoms with Gasteiger partial charge in [-0.3, -0.25) is 9.69 Å². The molecule has 2 aliphatic rings. The van der Waals surface area contributed by atoms with E-state index in [1.54, 1.807) is 0 Å². The molecule has 2 aromatic rings. The van der Waals surface area contributed by atoms with Crippen LogP contribution >= 0.6 is 0 Å². The molecule has 2 heterocycles. The Morgan fingerprint density at radius 1 is 0.792 bits per heavy atom. The third-order valence-electron chi connectivity index (χ3n) is 6.06. The normalized spacial score (nSPS) is 29.8. The van der Waals surface area contributed by atoms with Crippen LogP contribution in [0.25, 0.3) is 0 Å². The van der Waals surface area contributed by atoms with Crippen LogP contribution in [0.5, 0.6) is 0 Å². The molecule has 2 aromatic carbocycles. The Hall–Kier alpha value is -1.93. The van der Waals surface area contributed by atoms with Gasteiger partial charge in [0.1, 0.15) is 5.78 Å². The molecule has 2 nitrogen and oxygen atoms in total. The number of hydrogen-bond acceptors (Lipinski definition) is 2. The van der Waals surface area contributed by atoms with Crippen LogP contribution in [0.15, 0.2) is 60.7 Å². The third kappa shape index (κ3) is 2.80. The fraction of sp³-hybridized carbons (Fsp3) is 0.409. The van der Waals surface area contributed by atoms with Gasteiger partial charge in [-0.15, -0.1) is 0 Å². The number of rotatable bonds is 4. The average Bonchev–Trinajstić information content (AvgIpc) is 2.93. The number of carbonyl (C=O) groups excluding carboxylic acids is 1. The Labute approximate surface area is 144 Å². The van der Waals surface area contributed by atoms with Gasteiger partial charge < -0.3 is 0 Å². The van der Waals surface area contributed by atoms with Crippen LogP contribution in [-0.4, -0.2) is 29.8 Å². The maximum atomic E-state index is 13.3. The van der Waals surface area contributed by atoms with Crippen LogP contribution in [0.2, 0.25) is 0 Å². The zero-order valence-corrected chi connectivity index (χ0v) is 14.3. The molecule has 0 N–H and O–H groups in total. The van der Waals surface area contributed by atoms with E-state index in [1.165, 1.54) is 11.1 Å². The molecule has 2 saturated heterocycles. The molecule has 2 heteroatoms. The first kappa shape index (κ1) is 15.6. The molecule has 0 amide bonds. The first-order valence-corrected chi connectivity index (χ1v) is 9.07. The van der Waals surface area contributed by atoms with Gasteiger partial charge in [0.05, 0.1) is 0 Å². The van der Waals surface area contributed by atoms with Crippen molar-refractivity contribution in [3.05, 3.63) is 71.8 Å². The lowest BCUT2D eigenvalue weighted by molar-refractivity contribution is -0.134. The van der Waals surface area contributed by atoms with Crippen molar-refractivity contribution in [2.45, 2.75) is 37.8 Å². The summed E-state index contributed by atoms with van der Waals surface area (Å²) in [7, 11) is 2.23. The molecule has 0 aromatic heterocycles. The summed E-state index contributed by atoms with van der Waals surface area (Å²) < 4.78 is 0. The van der Waals surface area contributed by atoms with Crippen molar-refractivity contribution >= 4 is 5.78 Å². The molecule has 4 rings (SSSR count). The van der Waals surface area contributed by atoms with Gasteiger partial charge in [0.2, 0.25) is 0 Å². The van der Waals surface area contributed by atoms with Crippen molar-refractivity contribution in [2.75, 3.05) is 7.05 Å². The zero-order valence-electron chi connectivity index (χ0n) is 14.3. The van der Waals surface area contributed by atoms with Crippen LogP contribution in [-0.2, 0) is 17.6 Å². The van der Waals surface area contributed by atoms with E-state index in [1.807, 2.05) is 12.1 Å². The maximum absolute atomic E-state index is 13.3. The molecule has 124 valence electrons. The fourth-order valence-electron chi connectivity index (χ4n) is 4.83. The van der Waals surface area contributed by atoms with Gasteiger partial charge >= 0.3 is 0 Å². The second-order valence-electron chi connectivity index (χ2n) is 7.37. The highest BCUT2D eigenvalue weighted by Crippen LogP contribution is 2.41. The first-order valence-electron chi connectivity index (χ1n) is 9.07. The van der Waals surface area contributed by atoms with E-state index in [4.69, 9.17) is 0 Å². The number of fused-ring (bicyclic) bond motifs is 2. The Morgan fingerprint density at radius 2 is 1.21 bits per heavy atom. The van der Waals surface area contributed by atoms with Gasteiger partial charge in [0.15, 0.2) is 0 Å². The molecule has 24 heavy (non-hydrogen) atoms. The van der Waals surface area contributed by atoms with Crippen molar-refractivity contribution in [1.82, 2.24) is 4.90 Å². The average molecular weight is 319 g/mol. The van der Waals surface area contributed by atoms with Crippen LogP contribution in [0.3, 0.4) is 0 Å². The molecule has 0 aliphatic carbocycles. The molecular weight excluding hydrogens is 294 g/mol. The van der Waals surface area contributed by atoms with E-state index in [2.05, 4.69) is 60.5 Å². The summed E-state index contributed by atoms with van der Waals surface area (Å²) in [6.45, 7) is 0. The number of carbonyl (C=O) groups is 1. The van der Waals surface area contributed by atoms with Gasteiger partial charge in [-0.2, -0.15) is 0 Å².